The molecule has 0 bridgehead atoms. The topological polar surface area (TPSA) is 40.5 Å². The largest absolute Gasteiger partial charge is 0.480 e. The molecule has 20 heavy (non-hydrogen) atoms. The Morgan fingerprint density at radius 2 is 2.15 bits per heavy atom. The Morgan fingerprint density at radius 1 is 1.45 bits per heavy atom. The van der Waals surface area contributed by atoms with Crippen LogP contribution >= 0.6 is 11.8 Å². The van der Waals surface area contributed by atoms with E-state index in [0.29, 0.717) is 0 Å². The quantitative estimate of drug-likeness (QED) is 0.848. The molecule has 0 aromatic heterocycles. The summed E-state index contributed by atoms with van der Waals surface area (Å²) in [6.07, 6.45) is 2.05. The molecule has 1 aliphatic heterocycles. The number of carbonyl (C=O) groups is 1. The fourth-order valence-corrected chi connectivity index (χ4v) is 3.63. The highest BCUT2D eigenvalue weighted by molar-refractivity contribution is 7.99. The first kappa shape index (κ1) is 15.3. The Bertz CT molecular complexity index is 452. The third kappa shape index (κ3) is 3.96. The summed E-state index contributed by atoms with van der Waals surface area (Å²) in [7, 11) is 0. The van der Waals surface area contributed by atoms with E-state index in [9.17, 15) is 14.3 Å². The predicted molar refractivity (Wildman–Crippen MR) is 78.5 cm³/mol. The number of rotatable bonds is 5. The van der Waals surface area contributed by atoms with E-state index in [0.717, 1.165) is 36.6 Å². The average Bonchev–Trinajstić information content (AvgIpc) is 2.40. The van der Waals surface area contributed by atoms with Gasteiger partial charge in [-0.15, -0.1) is 11.8 Å². The van der Waals surface area contributed by atoms with Gasteiger partial charge < -0.3 is 5.11 Å². The zero-order chi connectivity index (χ0) is 14.5. The summed E-state index contributed by atoms with van der Waals surface area (Å²) >= 11 is 1.64. The lowest BCUT2D eigenvalue weighted by atomic mass is 9.91. The van der Waals surface area contributed by atoms with E-state index in [-0.39, 0.29) is 17.8 Å². The standard InChI is InChI=1S/C15H20FNO2S/c1-11-3-2-8-17(14(11)15(18)19)9-10-20-13-6-4-12(16)5-7-13/h4-7,11,14H,2-3,8-10H2,1H3,(H,18,19). The zero-order valence-corrected chi connectivity index (χ0v) is 12.4. The molecule has 1 N–H and O–H groups in total. The van der Waals surface area contributed by atoms with Gasteiger partial charge in [-0.1, -0.05) is 6.92 Å². The first-order valence-electron chi connectivity index (χ1n) is 6.93. The molecule has 1 saturated heterocycles. The molecule has 1 aliphatic rings. The van der Waals surface area contributed by atoms with E-state index in [4.69, 9.17) is 0 Å². The third-order valence-electron chi connectivity index (χ3n) is 3.75. The van der Waals surface area contributed by atoms with Gasteiger partial charge in [0.2, 0.25) is 0 Å². The maximum Gasteiger partial charge on any atom is 0.321 e. The van der Waals surface area contributed by atoms with Crippen LogP contribution in [0.1, 0.15) is 19.8 Å². The molecule has 0 amide bonds. The van der Waals surface area contributed by atoms with Crippen molar-refractivity contribution in [2.75, 3.05) is 18.8 Å². The summed E-state index contributed by atoms with van der Waals surface area (Å²) in [4.78, 5) is 14.4. The zero-order valence-electron chi connectivity index (χ0n) is 11.6. The molecule has 110 valence electrons. The minimum Gasteiger partial charge on any atom is -0.480 e. The number of likely N-dealkylation sites (tertiary alicyclic amines) is 1. The van der Waals surface area contributed by atoms with E-state index < -0.39 is 5.97 Å². The highest BCUT2D eigenvalue weighted by Crippen LogP contribution is 2.25. The summed E-state index contributed by atoms with van der Waals surface area (Å²) in [5.74, 6) is 0.0773. The minimum absolute atomic E-state index is 0.206. The number of hydrogen-bond donors (Lipinski definition) is 1. The predicted octanol–water partition coefficient (Wildman–Crippen LogP) is 3.10. The van der Waals surface area contributed by atoms with Crippen molar-refractivity contribution in [1.29, 1.82) is 0 Å². The molecular weight excluding hydrogens is 277 g/mol. The van der Waals surface area contributed by atoms with Gasteiger partial charge in [0, 0.05) is 17.2 Å². The van der Waals surface area contributed by atoms with Crippen LogP contribution in [0.5, 0.6) is 0 Å². The minimum atomic E-state index is -0.719. The maximum absolute atomic E-state index is 12.8. The van der Waals surface area contributed by atoms with Crippen molar-refractivity contribution in [2.45, 2.75) is 30.7 Å². The number of carboxylic acids is 1. The fourth-order valence-electron chi connectivity index (χ4n) is 2.74. The molecule has 1 heterocycles. The molecule has 0 aliphatic carbocycles. The van der Waals surface area contributed by atoms with Gasteiger partial charge in [-0.3, -0.25) is 9.69 Å². The van der Waals surface area contributed by atoms with Crippen molar-refractivity contribution in [3.63, 3.8) is 0 Å². The van der Waals surface area contributed by atoms with Gasteiger partial charge in [0.05, 0.1) is 0 Å². The molecule has 1 fully saturated rings. The molecule has 0 radical (unpaired) electrons. The number of nitrogens with zero attached hydrogens (tertiary/aromatic N) is 1. The first-order valence-corrected chi connectivity index (χ1v) is 7.91. The van der Waals surface area contributed by atoms with Crippen molar-refractivity contribution in [2.24, 2.45) is 5.92 Å². The molecule has 5 heteroatoms. The van der Waals surface area contributed by atoms with Crippen LogP contribution in [-0.2, 0) is 4.79 Å². The Kier molecular flexibility index (Phi) is 5.43. The summed E-state index contributed by atoms with van der Waals surface area (Å²) < 4.78 is 12.8. The number of carboxylic acid groups (broad SMARTS) is 1. The van der Waals surface area contributed by atoms with Crippen LogP contribution in [0.15, 0.2) is 29.2 Å². The Labute approximate surface area is 123 Å². The van der Waals surface area contributed by atoms with Gasteiger partial charge in [-0.25, -0.2) is 4.39 Å². The van der Waals surface area contributed by atoms with E-state index >= 15 is 0 Å². The number of aliphatic carboxylic acids is 1. The van der Waals surface area contributed by atoms with Gasteiger partial charge in [0.15, 0.2) is 0 Å². The van der Waals surface area contributed by atoms with E-state index in [1.807, 2.05) is 6.92 Å². The summed E-state index contributed by atoms with van der Waals surface area (Å²) in [5, 5.41) is 9.34. The number of hydrogen-bond acceptors (Lipinski definition) is 3. The van der Waals surface area contributed by atoms with Gasteiger partial charge in [0.1, 0.15) is 11.9 Å². The van der Waals surface area contributed by atoms with E-state index in [1.54, 1.807) is 23.9 Å². The van der Waals surface area contributed by atoms with Crippen LogP contribution in [0.2, 0.25) is 0 Å². The maximum atomic E-state index is 12.8. The molecule has 1 aromatic rings. The normalized spacial score (nSPS) is 23.7. The lowest BCUT2D eigenvalue weighted by molar-refractivity contribution is -0.146. The summed E-state index contributed by atoms with van der Waals surface area (Å²) in [6.45, 7) is 3.62. The van der Waals surface area contributed by atoms with Gasteiger partial charge in [-0.2, -0.15) is 0 Å². The van der Waals surface area contributed by atoms with Crippen LogP contribution in [0.25, 0.3) is 0 Å². The Balaban J connectivity index is 1.85. The third-order valence-corrected chi connectivity index (χ3v) is 4.74. The molecule has 2 unspecified atom stereocenters. The van der Waals surface area contributed by atoms with Crippen LogP contribution in [0.4, 0.5) is 4.39 Å². The highest BCUT2D eigenvalue weighted by Gasteiger charge is 2.33. The van der Waals surface area contributed by atoms with Gasteiger partial charge in [0.25, 0.3) is 0 Å². The molecular formula is C15H20FNO2S. The van der Waals surface area contributed by atoms with Crippen molar-refractivity contribution in [3.8, 4) is 0 Å². The number of benzene rings is 1. The monoisotopic (exact) mass is 297 g/mol. The van der Waals surface area contributed by atoms with Crippen molar-refractivity contribution in [3.05, 3.63) is 30.1 Å². The fraction of sp³-hybridized carbons (Fsp3) is 0.533. The average molecular weight is 297 g/mol. The molecule has 0 spiro atoms. The lowest BCUT2D eigenvalue weighted by Crippen LogP contribution is -2.49. The number of halogens is 1. The van der Waals surface area contributed by atoms with E-state index in [2.05, 4.69) is 4.90 Å². The Hall–Kier alpha value is -1.07. The SMILES string of the molecule is CC1CCCN(CCSc2ccc(F)cc2)C1C(=O)O. The lowest BCUT2D eigenvalue weighted by Gasteiger charge is -2.37. The van der Waals surface area contributed by atoms with Crippen molar-refractivity contribution < 1.29 is 14.3 Å². The second-order valence-corrected chi connectivity index (χ2v) is 6.41. The first-order chi connectivity index (χ1) is 9.58. The number of thioether (sulfide) groups is 1. The highest BCUT2D eigenvalue weighted by atomic mass is 32.2. The molecule has 2 rings (SSSR count). The summed E-state index contributed by atoms with van der Waals surface area (Å²) in [6, 6.07) is 6.05. The van der Waals surface area contributed by atoms with Crippen LogP contribution in [0, 0.1) is 11.7 Å². The van der Waals surface area contributed by atoms with Crippen LogP contribution in [0.3, 0.4) is 0 Å². The van der Waals surface area contributed by atoms with Crippen LogP contribution in [-0.4, -0.2) is 40.9 Å². The molecule has 0 saturated carbocycles. The van der Waals surface area contributed by atoms with Crippen LogP contribution < -0.4 is 0 Å². The second-order valence-electron chi connectivity index (χ2n) is 5.24. The second kappa shape index (κ2) is 7.09. The molecule has 2 atom stereocenters. The van der Waals surface area contributed by atoms with E-state index in [1.165, 1.54) is 12.1 Å². The Morgan fingerprint density at radius 3 is 2.80 bits per heavy atom. The molecule has 3 nitrogen and oxygen atoms in total. The molecule has 1 aromatic carbocycles. The van der Waals surface area contributed by atoms with Gasteiger partial charge in [-0.05, 0) is 49.6 Å². The smallest absolute Gasteiger partial charge is 0.321 e. The van der Waals surface area contributed by atoms with Crippen molar-refractivity contribution >= 4 is 17.7 Å². The summed E-state index contributed by atoms with van der Waals surface area (Å²) in [5.41, 5.74) is 0. The number of piperidine rings is 1. The van der Waals surface area contributed by atoms with Gasteiger partial charge >= 0.3 is 5.97 Å². The van der Waals surface area contributed by atoms with Crippen molar-refractivity contribution in [1.82, 2.24) is 4.90 Å².